The summed E-state index contributed by atoms with van der Waals surface area (Å²) in [5, 5.41) is 7.92. The van der Waals surface area contributed by atoms with Crippen LogP contribution in [0.25, 0.3) is 5.69 Å². The van der Waals surface area contributed by atoms with Crippen LogP contribution >= 0.6 is 11.6 Å². The number of hydrogen-bond donors (Lipinski definition) is 1. The van der Waals surface area contributed by atoms with Crippen molar-refractivity contribution in [2.45, 2.75) is 6.54 Å². The molecule has 0 fully saturated rings. The molecule has 0 atom stereocenters. The number of halogens is 1. The molecule has 0 aliphatic carbocycles. The molecule has 2 aromatic rings. The van der Waals surface area contributed by atoms with Gasteiger partial charge in [-0.05, 0) is 31.3 Å². The van der Waals surface area contributed by atoms with Crippen molar-refractivity contribution in [2.24, 2.45) is 0 Å². The minimum absolute atomic E-state index is 0.683. The van der Waals surface area contributed by atoms with Gasteiger partial charge in [-0.1, -0.05) is 11.6 Å². The Balaban J connectivity index is 2.36. The molecular formula is C10H11ClN4. The predicted octanol–water partition coefficient (Wildman–Crippen LogP) is 1.64. The molecule has 0 aliphatic rings. The number of benzene rings is 1. The van der Waals surface area contributed by atoms with E-state index in [-0.39, 0.29) is 0 Å². The molecule has 1 N–H and O–H groups in total. The van der Waals surface area contributed by atoms with Crippen LogP contribution in [0.1, 0.15) is 5.82 Å². The summed E-state index contributed by atoms with van der Waals surface area (Å²) in [6.45, 7) is 0.683. The van der Waals surface area contributed by atoms with Crippen molar-refractivity contribution in [1.82, 2.24) is 20.1 Å². The lowest BCUT2D eigenvalue weighted by Crippen LogP contribution is -2.12. The van der Waals surface area contributed by atoms with E-state index in [1.807, 2.05) is 31.3 Å². The minimum atomic E-state index is 0.683. The second-order valence-electron chi connectivity index (χ2n) is 3.09. The Bertz CT molecular complexity index is 435. The fraction of sp³-hybridized carbons (Fsp3) is 0.200. The van der Waals surface area contributed by atoms with E-state index >= 15 is 0 Å². The summed E-state index contributed by atoms with van der Waals surface area (Å²) in [6, 6.07) is 7.50. The molecule has 15 heavy (non-hydrogen) atoms. The van der Waals surface area contributed by atoms with Gasteiger partial charge < -0.3 is 5.32 Å². The van der Waals surface area contributed by atoms with Crippen LogP contribution in [0.2, 0.25) is 5.02 Å². The van der Waals surface area contributed by atoms with Crippen molar-refractivity contribution in [3.05, 3.63) is 41.4 Å². The summed E-state index contributed by atoms with van der Waals surface area (Å²) >= 11 is 5.82. The Morgan fingerprint density at radius 1 is 1.33 bits per heavy atom. The SMILES string of the molecule is CNCc1ncnn1-c1ccc(Cl)cc1. The summed E-state index contributed by atoms with van der Waals surface area (Å²) in [5.74, 6) is 0.875. The summed E-state index contributed by atoms with van der Waals surface area (Å²) in [4.78, 5) is 4.16. The zero-order valence-corrected chi connectivity index (χ0v) is 9.07. The van der Waals surface area contributed by atoms with E-state index in [9.17, 15) is 0 Å². The van der Waals surface area contributed by atoms with Crippen molar-refractivity contribution < 1.29 is 0 Å². The van der Waals surface area contributed by atoms with Crippen LogP contribution in [0.5, 0.6) is 0 Å². The Morgan fingerprint density at radius 2 is 2.07 bits per heavy atom. The van der Waals surface area contributed by atoms with Crippen molar-refractivity contribution >= 4 is 11.6 Å². The van der Waals surface area contributed by atoms with Crippen LogP contribution < -0.4 is 5.32 Å². The van der Waals surface area contributed by atoms with Gasteiger partial charge in [0, 0.05) is 5.02 Å². The maximum Gasteiger partial charge on any atom is 0.146 e. The largest absolute Gasteiger partial charge is 0.313 e. The van der Waals surface area contributed by atoms with Gasteiger partial charge in [-0.15, -0.1) is 0 Å². The highest BCUT2D eigenvalue weighted by Crippen LogP contribution is 2.13. The molecule has 1 aromatic carbocycles. The van der Waals surface area contributed by atoms with Crippen molar-refractivity contribution in [3.8, 4) is 5.69 Å². The first-order valence-corrected chi connectivity index (χ1v) is 4.98. The first-order valence-electron chi connectivity index (χ1n) is 4.60. The van der Waals surface area contributed by atoms with E-state index < -0.39 is 0 Å². The number of nitrogens with zero attached hydrogens (tertiary/aromatic N) is 3. The number of rotatable bonds is 3. The highest BCUT2D eigenvalue weighted by atomic mass is 35.5. The van der Waals surface area contributed by atoms with Crippen LogP contribution in [-0.2, 0) is 6.54 Å². The van der Waals surface area contributed by atoms with Crippen LogP contribution in [0.4, 0.5) is 0 Å². The molecular weight excluding hydrogens is 212 g/mol. The Labute approximate surface area is 92.9 Å². The highest BCUT2D eigenvalue weighted by molar-refractivity contribution is 6.30. The van der Waals surface area contributed by atoms with Crippen LogP contribution in [0.15, 0.2) is 30.6 Å². The third-order valence-corrected chi connectivity index (χ3v) is 2.28. The fourth-order valence-electron chi connectivity index (χ4n) is 1.34. The molecule has 0 aliphatic heterocycles. The van der Waals surface area contributed by atoms with Gasteiger partial charge in [0.05, 0.1) is 12.2 Å². The normalized spacial score (nSPS) is 10.5. The predicted molar refractivity (Wildman–Crippen MR) is 59.1 cm³/mol. The first-order chi connectivity index (χ1) is 7.31. The van der Waals surface area contributed by atoms with Gasteiger partial charge >= 0.3 is 0 Å². The lowest BCUT2D eigenvalue weighted by molar-refractivity contribution is 0.712. The topological polar surface area (TPSA) is 42.7 Å². The maximum absolute atomic E-state index is 5.82. The third-order valence-electron chi connectivity index (χ3n) is 2.02. The minimum Gasteiger partial charge on any atom is -0.313 e. The molecule has 78 valence electrons. The van der Waals surface area contributed by atoms with Gasteiger partial charge in [-0.25, -0.2) is 9.67 Å². The van der Waals surface area contributed by atoms with Crippen molar-refractivity contribution in [1.29, 1.82) is 0 Å². The van der Waals surface area contributed by atoms with Gasteiger partial charge in [-0.3, -0.25) is 0 Å². The second-order valence-corrected chi connectivity index (χ2v) is 3.53. The van der Waals surface area contributed by atoms with E-state index in [1.54, 1.807) is 11.0 Å². The lowest BCUT2D eigenvalue weighted by Gasteiger charge is -2.05. The molecule has 0 amide bonds. The lowest BCUT2D eigenvalue weighted by atomic mass is 10.3. The quantitative estimate of drug-likeness (QED) is 0.859. The van der Waals surface area contributed by atoms with Gasteiger partial charge in [0.2, 0.25) is 0 Å². The molecule has 0 bridgehead atoms. The van der Waals surface area contributed by atoms with Crippen molar-refractivity contribution in [2.75, 3.05) is 7.05 Å². The third kappa shape index (κ3) is 2.16. The van der Waals surface area contributed by atoms with E-state index in [2.05, 4.69) is 15.4 Å². The molecule has 0 unspecified atom stereocenters. The molecule has 2 rings (SSSR count). The summed E-state index contributed by atoms with van der Waals surface area (Å²) in [7, 11) is 1.88. The Kier molecular flexibility index (Phi) is 2.99. The van der Waals surface area contributed by atoms with Gasteiger partial charge in [0.25, 0.3) is 0 Å². The molecule has 5 heteroatoms. The molecule has 1 heterocycles. The fourth-order valence-corrected chi connectivity index (χ4v) is 1.47. The average Bonchev–Trinajstić information content (AvgIpc) is 2.68. The Morgan fingerprint density at radius 3 is 2.73 bits per heavy atom. The molecule has 4 nitrogen and oxygen atoms in total. The Hall–Kier alpha value is -1.39. The van der Waals surface area contributed by atoms with E-state index in [4.69, 9.17) is 11.6 Å². The average molecular weight is 223 g/mol. The number of hydrogen-bond acceptors (Lipinski definition) is 3. The maximum atomic E-state index is 5.82. The van der Waals surface area contributed by atoms with Crippen LogP contribution in [-0.4, -0.2) is 21.8 Å². The van der Waals surface area contributed by atoms with Crippen molar-refractivity contribution in [3.63, 3.8) is 0 Å². The van der Waals surface area contributed by atoms with Gasteiger partial charge in [0.1, 0.15) is 12.2 Å². The molecule has 0 saturated carbocycles. The molecule has 0 spiro atoms. The van der Waals surface area contributed by atoms with Gasteiger partial charge in [-0.2, -0.15) is 5.10 Å². The highest BCUT2D eigenvalue weighted by Gasteiger charge is 2.04. The van der Waals surface area contributed by atoms with E-state index in [1.165, 1.54) is 0 Å². The monoisotopic (exact) mass is 222 g/mol. The molecule has 1 aromatic heterocycles. The number of nitrogens with one attached hydrogen (secondary N) is 1. The zero-order chi connectivity index (χ0) is 10.7. The first kappa shape index (κ1) is 10.1. The molecule has 0 saturated heterocycles. The standard InChI is InChI=1S/C10H11ClN4/c1-12-6-10-13-7-14-15(10)9-4-2-8(11)3-5-9/h2-5,7,12H,6H2,1H3. The van der Waals surface area contributed by atoms with E-state index in [0.29, 0.717) is 11.6 Å². The summed E-state index contributed by atoms with van der Waals surface area (Å²) < 4.78 is 1.78. The van der Waals surface area contributed by atoms with Crippen LogP contribution in [0.3, 0.4) is 0 Å². The smallest absolute Gasteiger partial charge is 0.146 e. The summed E-state index contributed by atoms with van der Waals surface area (Å²) in [6.07, 6.45) is 1.54. The molecule has 0 radical (unpaired) electrons. The second kappa shape index (κ2) is 4.42. The van der Waals surface area contributed by atoms with Crippen LogP contribution in [0, 0.1) is 0 Å². The zero-order valence-electron chi connectivity index (χ0n) is 8.31. The van der Waals surface area contributed by atoms with Gasteiger partial charge in [0.15, 0.2) is 0 Å². The number of aromatic nitrogens is 3. The van der Waals surface area contributed by atoms with E-state index in [0.717, 1.165) is 11.5 Å². The summed E-state index contributed by atoms with van der Waals surface area (Å²) in [5.41, 5.74) is 0.960.